The molecule has 2 heterocycles. The van der Waals surface area contributed by atoms with Crippen molar-refractivity contribution in [3.05, 3.63) is 54.1 Å². The fourth-order valence-corrected chi connectivity index (χ4v) is 4.45. The van der Waals surface area contributed by atoms with Gasteiger partial charge >= 0.3 is 0 Å². The summed E-state index contributed by atoms with van der Waals surface area (Å²) in [6.07, 6.45) is 1.35. The number of rotatable bonds is 3. The van der Waals surface area contributed by atoms with Crippen LogP contribution in [-0.4, -0.2) is 40.3 Å². The number of benzene rings is 1. The minimum Gasteiger partial charge on any atom is -0.348 e. The Hall–Kier alpha value is -3.04. The summed E-state index contributed by atoms with van der Waals surface area (Å²) in [6.45, 7) is 0.0599. The van der Waals surface area contributed by atoms with Gasteiger partial charge in [0.15, 0.2) is 0 Å². The van der Waals surface area contributed by atoms with Gasteiger partial charge in [-0.25, -0.2) is 27.5 Å². The molecule has 2 aromatic rings. The van der Waals surface area contributed by atoms with E-state index < -0.39 is 53.7 Å². The molecule has 158 valence electrons. The molecule has 10 heteroatoms. The molecule has 1 saturated heterocycles. The number of hydrogen-bond donors (Lipinski definition) is 1. The number of halogens is 4. The van der Waals surface area contributed by atoms with Crippen molar-refractivity contribution < 1.29 is 27.2 Å². The van der Waals surface area contributed by atoms with E-state index >= 15 is 0 Å². The van der Waals surface area contributed by atoms with Crippen molar-refractivity contribution in [1.29, 1.82) is 0 Å². The van der Waals surface area contributed by atoms with Gasteiger partial charge in [0.2, 0.25) is 5.91 Å². The first-order valence-electron chi connectivity index (χ1n) is 9.40. The summed E-state index contributed by atoms with van der Waals surface area (Å²) in [5.74, 6) is -6.15. The van der Waals surface area contributed by atoms with E-state index in [0.717, 1.165) is 17.0 Å². The SMILES string of the molecule is O=C(NC1CC(F)(F)CC2(CCN(c3cc(F)cc(F)c3)C2=O)C1)c1ccncn1. The first-order valence-corrected chi connectivity index (χ1v) is 9.40. The van der Waals surface area contributed by atoms with Crippen molar-refractivity contribution in [2.24, 2.45) is 5.41 Å². The standard InChI is InChI=1S/C20H18F4N4O2/c21-12-5-13(22)7-15(6-12)28-4-2-19(18(28)30)8-14(9-20(23,24)10-19)27-17(29)16-1-3-25-11-26-16/h1,3,5-7,11,14H,2,4,8-10H2,(H,27,29). The minimum atomic E-state index is -3.18. The second kappa shape index (κ2) is 7.33. The topological polar surface area (TPSA) is 75.2 Å². The van der Waals surface area contributed by atoms with Crippen LogP contribution in [0.1, 0.15) is 36.2 Å². The molecule has 1 aliphatic carbocycles. The van der Waals surface area contributed by atoms with Crippen LogP contribution in [0.4, 0.5) is 23.2 Å². The van der Waals surface area contributed by atoms with Crippen LogP contribution in [-0.2, 0) is 4.79 Å². The van der Waals surface area contributed by atoms with Crippen LogP contribution in [0.3, 0.4) is 0 Å². The maximum atomic E-state index is 14.6. The third-order valence-corrected chi connectivity index (χ3v) is 5.60. The molecule has 0 bridgehead atoms. The minimum absolute atomic E-state index is 0.00649. The van der Waals surface area contributed by atoms with Gasteiger partial charge < -0.3 is 10.2 Å². The maximum absolute atomic E-state index is 14.6. The highest BCUT2D eigenvalue weighted by Crippen LogP contribution is 2.51. The van der Waals surface area contributed by atoms with Crippen molar-refractivity contribution in [3.63, 3.8) is 0 Å². The zero-order chi connectivity index (χ0) is 21.5. The van der Waals surface area contributed by atoms with Gasteiger partial charge in [-0.3, -0.25) is 9.59 Å². The van der Waals surface area contributed by atoms with E-state index in [-0.39, 0.29) is 30.8 Å². The molecule has 6 nitrogen and oxygen atoms in total. The Morgan fingerprint density at radius 2 is 1.90 bits per heavy atom. The van der Waals surface area contributed by atoms with Crippen molar-refractivity contribution in [2.75, 3.05) is 11.4 Å². The normalized spacial score (nSPS) is 25.5. The lowest BCUT2D eigenvalue weighted by molar-refractivity contribution is -0.140. The molecular formula is C20H18F4N4O2. The van der Waals surface area contributed by atoms with E-state index in [0.29, 0.717) is 6.07 Å². The molecule has 1 aromatic carbocycles. The van der Waals surface area contributed by atoms with E-state index in [1.54, 1.807) is 0 Å². The van der Waals surface area contributed by atoms with Gasteiger partial charge in [-0.15, -0.1) is 0 Å². The van der Waals surface area contributed by atoms with Crippen LogP contribution >= 0.6 is 0 Å². The Labute approximate surface area is 169 Å². The molecule has 30 heavy (non-hydrogen) atoms. The summed E-state index contributed by atoms with van der Waals surface area (Å²) in [5.41, 5.74) is -1.40. The van der Waals surface area contributed by atoms with Crippen molar-refractivity contribution in [1.82, 2.24) is 15.3 Å². The fourth-order valence-electron chi connectivity index (χ4n) is 4.45. The maximum Gasteiger partial charge on any atom is 0.270 e. The van der Waals surface area contributed by atoms with Crippen LogP contribution in [0, 0.1) is 17.0 Å². The van der Waals surface area contributed by atoms with E-state index in [1.807, 2.05) is 0 Å². The number of carbonyl (C=O) groups excluding carboxylic acids is 2. The van der Waals surface area contributed by atoms with Crippen LogP contribution in [0.15, 0.2) is 36.8 Å². The zero-order valence-corrected chi connectivity index (χ0v) is 15.7. The number of amides is 2. The van der Waals surface area contributed by atoms with Crippen molar-refractivity contribution >= 4 is 17.5 Å². The summed E-state index contributed by atoms with van der Waals surface area (Å²) >= 11 is 0. The molecule has 2 unspecified atom stereocenters. The largest absolute Gasteiger partial charge is 0.348 e. The van der Waals surface area contributed by atoms with Gasteiger partial charge in [-0.2, -0.15) is 0 Å². The molecule has 2 fully saturated rings. The summed E-state index contributed by atoms with van der Waals surface area (Å²) in [5, 5.41) is 2.54. The molecule has 1 aromatic heterocycles. The Kier molecular flexibility index (Phi) is 4.95. The highest BCUT2D eigenvalue weighted by Gasteiger charge is 2.57. The molecule has 1 N–H and O–H groups in total. The number of anilines is 1. The predicted molar refractivity (Wildman–Crippen MR) is 97.8 cm³/mol. The highest BCUT2D eigenvalue weighted by molar-refractivity contribution is 6.00. The Balaban J connectivity index is 1.57. The Morgan fingerprint density at radius 1 is 1.17 bits per heavy atom. The van der Waals surface area contributed by atoms with Gasteiger partial charge in [0, 0.05) is 43.4 Å². The number of nitrogens with one attached hydrogen (secondary N) is 1. The zero-order valence-electron chi connectivity index (χ0n) is 15.7. The third kappa shape index (κ3) is 3.86. The summed E-state index contributed by atoms with van der Waals surface area (Å²) in [4.78, 5) is 34.1. The van der Waals surface area contributed by atoms with Gasteiger partial charge in [0.05, 0.1) is 5.41 Å². The van der Waals surface area contributed by atoms with Gasteiger partial charge in [0.25, 0.3) is 11.8 Å². The Bertz CT molecular complexity index is 968. The molecule has 2 atom stereocenters. The molecule has 2 aliphatic rings. The summed E-state index contributed by atoms with van der Waals surface area (Å²) in [7, 11) is 0. The van der Waals surface area contributed by atoms with Gasteiger partial charge in [-0.05, 0) is 31.0 Å². The highest BCUT2D eigenvalue weighted by atomic mass is 19.3. The molecule has 0 radical (unpaired) electrons. The monoisotopic (exact) mass is 422 g/mol. The lowest BCUT2D eigenvalue weighted by atomic mass is 9.69. The van der Waals surface area contributed by atoms with Crippen LogP contribution < -0.4 is 10.2 Å². The summed E-state index contributed by atoms with van der Waals surface area (Å²) < 4.78 is 56.3. The van der Waals surface area contributed by atoms with E-state index in [4.69, 9.17) is 0 Å². The average molecular weight is 422 g/mol. The van der Waals surface area contributed by atoms with Crippen molar-refractivity contribution in [2.45, 2.75) is 37.6 Å². The first-order chi connectivity index (χ1) is 14.2. The molecular weight excluding hydrogens is 404 g/mol. The van der Waals surface area contributed by atoms with Crippen LogP contribution in [0.2, 0.25) is 0 Å². The second-order valence-electron chi connectivity index (χ2n) is 7.82. The molecule has 4 rings (SSSR count). The molecule has 1 saturated carbocycles. The van der Waals surface area contributed by atoms with E-state index in [9.17, 15) is 27.2 Å². The predicted octanol–water partition coefficient (Wildman–Crippen LogP) is 3.10. The molecule has 2 amide bonds. The van der Waals surface area contributed by atoms with Gasteiger partial charge in [0.1, 0.15) is 23.7 Å². The van der Waals surface area contributed by atoms with Crippen LogP contribution in [0.25, 0.3) is 0 Å². The average Bonchev–Trinajstić information content (AvgIpc) is 2.95. The number of aromatic nitrogens is 2. The number of alkyl halides is 2. The van der Waals surface area contributed by atoms with E-state index in [2.05, 4.69) is 15.3 Å². The lowest BCUT2D eigenvalue weighted by Gasteiger charge is -2.40. The molecule has 1 aliphatic heterocycles. The fraction of sp³-hybridized carbons (Fsp3) is 0.400. The smallest absolute Gasteiger partial charge is 0.270 e. The lowest BCUT2D eigenvalue weighted by Crippen LogP contribution is -2.52. The summed E-state index contributed by atoms with van der Waals surface area (Å²) in [6, 6.07) is 3.06. The number of nitrogens with zero attached hydrogens (tertiary/aromatic N) is 3. The quantitative estimate of drug-likeness (QED) is 0.772. The number of carbonyl (C=O) groups is 2. The van der Waals surface area contributed by atoms with Crippen LogP contribution in [0.5, 0.6) is 0 Å². The van der Waals surface area contributed by atoms with E-state index in [1.165, 1.54) is 18.6 Å². The Morgan fingerprint density at radius 3 is 2.57 bits per heavy atom. The molecule has 1 spiro atoms. The van der Waals surface area contributed by atoms with Gasteiger partial charge in [-0.1, -0.05) is 0 Å². The third-order valence-electron chi connectivity index (χ3n) is 5.60. The number of hydrogen-bond acceptors (Lipinski definition) is 4. The first kappa shape index (κ1) is 20.2. The van der Waals surface area contributed by atoms with Crippen molar-refractivity contribution in [3.8, 4) is 0 Å². The second-order valence-corrected chi connectivity index (χ2v) is 7.82.